The Bertz CT molecular complexity index is 720. The molecule has 1 aromatic heterocycles. The Labute approximate surface area is 140 Å². The molecule has 0 bridgehead atoms. The van der Waals surface area contributed by atoms with Gasteiger partial charge in [0.2, 0.25) is 5.91 Å². The van der Waals surface area contributed by atoms with Gasteiger partial charge in [0.1, 0.15) is 5.69 Å². The number of hydrogen-bond acceptors (Lipinski definition) is 4. The molecule has 2 heterocycles. The standard InChI is InChI=1S/C18H20N4O2/c1-13-11-20-16(12-19-13)18(24)21-15-6-4-14(5-7-15)10-17(23)22-8-2-3-9-22/h4-7,11-12H,2-3,8-10H2,1H3,(H,21,24). The minimum atomic E-state index is -0.302. The summed E-state index contributed by atoms with van der Waals surface area (Å²) in [5, 5.41) is 2.78. The van der Waals surface area contributed by atoms with E-state index in [1.54, 1.807) is 18.3 Å². The van der Waals surface area contributed by atoms with Gasteiger partial charge in [-0.1, -0.05) is 12.1 Å². The van der Waals surface area contributed by atoms with Crippen molar-refractivity contribution in [3.63, 3.8) is 0 Å². The molecule has 1 saturated heterocycles. The van der Waals surface area contributed by atoms with Crippen LogP contribution in [0.3, 0.4) is 0 Å². The summed E-state index contributed by atoms with van der Waals surface area (Å²) in [7, 11) is 0. The van der Waals surface area contributed by atoms with E-state index in [9.17, 15) is 9.59 Å². The van der Waals surface area contributed by atoms with Gasteiger partial charge in [-0.25, -0.2) is 4.98 Å². The second-order valence-corrected chi connectivity index (χ2v) is 5.96. The predicted molar refractivity (Wildman–Crippen MR) is 90.7 cm³/mol. The fourth-order valence-corrected chi connectivity index (χ4v) is 2.66. The van der Waals surface area contributed by atoms with Gasteiger partial charge in [0.25, 0.3) is 5.91 Å². The quantitative estimate of drug-likeness (QED) is 0.935. The summed E-state index contributed by atoms with van der Waals surface area (Å²) in [5.74, 6) is -0.136. The normalized spacial score (nSPS) is 13.8. The van der Waals surface area contributed by atoms with Crippen molar-refractivity contribution >= 4 is 17.5 Å². The van der Waals surface area contributed by atoms with Crippen LogP contribution < -0.4 is 5.32 Å². The maximum atomic E-state index is 12.1. The molecule has 124 valence electrons. The third-order valence-corrected chi connectivity index (χ3v) is 4.04. The van der Waals surface area contributed by atoms with E-state index >= 15 is 0 Å². The van der Waals surface area contributed by atoms with Gasteiger partial charge in [-0.3, -0.25) is 14.6 Å². The van der Waals surface area contributed by atoms with Crippen molar-refractivity contribution < 1.29 is 9.59 Å². The van der Waals surface area contributed by atoms with Gasteiger partial charge in [-0.05, 0) is 37.5 Å². The van der Waals surface area contributed by atoms with Crippen molar-refractivity contribution in [2.45, 2.75) is 26.2 Å². The summed E-state index contributed by atoms with van der Waals surface area (Å²) < 4.78 is 0. The number of amides is 2. The lowest BCUT2D eigenvalue weighted by Crippen LogP contribution is -2.29. The number of anilines is 1. The fraction of sp³-hybridized carbons (Fsp3) is 0.333. The highest BCUT2D eigenvalue weighted by Gasteiger charge is 2.17. The average molecular weight is 324 g/mol. The minimum absolute atomic E-state index is 0.166. The zero-order valence-electron chi connectivity index (χ0n) is 13.7. The topological polar surface area (TPSA) is 75.2 Å². The molecule has 1 aromatic carbocycles. The molecule has 0 spiro atoms. The van der Waals surface area contributed by atoms with Gasteiger partial charge in [0.05, 0.1) is 18.3 Å². The lowest BCUT2D eigenvalue weighted by Gasteiger charge is -2.15. The molecule has 1 aliphatic rings. The highest BCUT2D eigenvalue weighted by atomic mass is 16.2. The molecule has 0 saturated carbocycles. The zero-order valence-corrected chi connectivity index (χ0v) is 13.7. The lowest BCUT2D eigenvalue weighted by molar-refractivity contribution is -0.129. The van der Waals surface area contributed by atoms with E-state index in [1.165, 1.54) is 6.20 Å². The molecule has 2 amide bonds. The van der Waals surface area contributed by atoms with Gasteiger partial charge in [0.15, 0.2) is 0 Å². The molecule has 6 heteroatoms. The van der Waals surface area contributed by atoms with E-state index in [0.29, 0.717) is 12.1 Å². The van der Waals surface area contributed by atoms with Gasteiger partial charge >= 0.3 is 0 Å². The van der Waals surface area contributed by atoms with E-state index < -0.39 is 0 Å². The highest BCUT2D eigenvalue weighted by Crippen LogP contribution is 2.14. The van der Waals surface area contributed by atoms with Crippen LogP contribution in [0.25, 0.3) is 0 Å². The summed E-state index contributed by atoms with van der Waals surface area (Å²) in [6.45, 7) is 3.55. The molecule has 1 fully saturated rings. The van der Waals surface area contributed by atoms with Gasteiger partial charge in [-0.15, -0.1) is 0 Å². The number of aromatic nitrogens is 2. The molecule has 0 radical (unpaired) electrons. The number of carbonyl (C=O) groups is 2. The van der Waals surface area contributed by atoms with E-state index in [4.69, 9.17) is 0 Å². The van der Waals surface area contributed by atoms with Crippen molar-refractivity contribution in [1.29, 1.82) is 0 Å². The third kappa shape index (κ3) is 3.95. The Morgan fingerprint density at radius 2 is 1.79 bits per heavy atom. The Kier molecular flexibility index (Phi) is 4.84. The Morgan fingerprint density at radius 3 is 2.42 bits per heavy atom. The summed E-state index contributed by atoms with van der Waals surface area (Å²) in [5.41, 5.74) is 2.65. The number of nitrogens with zero attached hydrogens (tertiary/aromatic N) is 3. The summed E-state index contributed by atoms with van der Waals surface area (Å²) in [6.07, 6.45) is 5.60. The third-order valence-electron chi connectivity index (χ3n) is 4.04. The first-order valence-electron chi connectivity index (χ1n) is 8.08. The molecule has 0 unspecified atom stereocenters. The van der Waals surface area contributed by atoms with Gasteiger partial charge < -0.3 is 10.2 Å². The molecule has 24 heavy (non-hydrogen) atoms. The van der Waals surface area contributed by atoms with Crippen LogP contribution in [0.15, 0.2) is 36.7 Å². The Morgan fingerprint density at radius 1 is 1.08 bits per heavy atom. The second kappa shape index (κ2) is 7.21. The summed E-state index contributed by atoms with van der Waals surface area (Å²) in [4.78, 5) is 34.2. The number of carbonyl (C=O) groups excluding carboxylic acids is 2. The predicted octanol–water partition coefficient (Wildman–Crippen LogP) is 2.20. The van der Waals surface area contributed by atoms with E-state index in [0.717, 1.165) is 37.2 Å². The molecule has 0 aliphatic carbocycles. The number of rotatable bonds is 4. The van der Waals surface area contributed by atoms with Crippen LogP contribution in [0.2, 0.25) is 0 Å². The van der Waals surface area contributed by atoms with Gasteiger partial charge in [-0.2, -0.15) is 0 Å². The monoisotopic (exact) mass is 324 g/mol. The van der Waals surface area contributed by atoms with Crippen molar-refractivity contribution in [1.82, 2.24) is 14.9 Å². The molecule has 1 N–H and O–H groups in total. The van der Waals surface area contributed by atoms with Crippen LogP contribution in [0.4, 0.5) is 5.69 Å². The summed E-state index contributed by atoms with van der Waals surface area (Å²) in [6, 6.07) is 7.33. The van der Waals surface area contributed by atoms with Crippen LogP contribution in [-0.2, 0) is 11.2 Å². The van der Waals surface area contributed by atoms with E-state index in [2.05, 4.69) is 15.3 Å². The Balaban J connectivity index is 1.58. The van der Waals surface area contributed by atoms with Gasteiger partial charge in [0, 0.05) is 25.0 Å². The molecule has 1 aliphatic heterocycles. The Hall–Kier alpha value is -2.76. The maximum Gasteiger partial charge on any atom is 0.275 e. The number of benzene rings is 1. The smallest absolute Gasteiger partial charge is 0.275 e. The van der Waals surface area contributed by atoms with E-state index in [-0.39, 0.29) is 17.5 Å². The van der Waals surface area contributed by atoms with Crippen LogP contribution in [0, 0.1) is 6.92 Å². The first-order valence-corrected chi connectivity index (χ1v) is 8.08. The fourth-order valence-electron chi connectivity index (χ4n) is 2.66. The van der Waals surface area contributed by atoms with E-state index in [1.807, 2.05) is 24.0 Å². The number of nitrogens with one attached hydrogen (secondary N) is 1. The SMILES string of the molecule is Cc1cnc(C(=O)Nc2ccc(CC(=O)N3CCCC3)cc2)cn1. The molecule has 0 atom stereocenters. The number of hydrogen-bond donors (Lipinski definition) is 1. The van der Waals surface area contributed by atoms with Crippen LogP contribution in [0.1, 0.15) is 34.6 Å². The first-order chi connectivity index (χ1) is 11.6. The number of aryl methyl sites for hydroxylation is 1. The summed E-state index contributed by atoms with van der Waals surface area (Å²) >= 11 is 0. The van der Waals surface area contributed by atoms with Crippen LogP contribution >= 0.6 is 0 Å². The molecule has 6 nitrogen and oxygen atoms in total. The largest absolute Gasteiger partial charge is 0.342 e. The van der Waals surface area contributed by atoms with Crippen molar-refractivity contribution in [2.24, 2.45) is 0 Å². The first kappa shape index (κ1) is 16.1. The maximum absolute atomic E-state index is 12.1. The highest BCUT2D eigenvalue weighted by molar-refractivity contribution is 6.02. The van der Waals surface area contributed by atoms with Crippen molar-refractivity contribution in [2.75, 3.05) is 18.4 Å². The van der Waals surface area contributed by atoms with Crippen LogP contribution in [-0.4, -0.2) is 39.8 Å². The average Bonchev–Trinajstić information content (AvgIpc) is 3.12. The molecule has 2 aromatic rings. The molecular weight excluding hydrogens is 304 g/mol. The number of likely N-dealkylation sites (tertiary alicyclic amines) is 1. The molecular formula is C18H20N4O2. The second-order valence-electron chi connectivity index (χ2n) is 5.96. The van der Waals surface area contributed by atoms with Crippen molar-refractivity contribution in [3.8, 4) is 0 Å². The molecule has 3 rings (SSSR count). The van der Waals surface area contributed by atoms with Crippen molar-refractivity contribution in [3.05, 3.63) is 53.6 Å². The van der Waals surface area contributed by atoms with Crippen LogP contribution in [0.5, 0.6) is 0 Å². The lowest BCUT2D eigenvalue weighted by atomic mass is 10.1. The zero-order chi connectivity index (χ0) is 16.9. The minimum Gasteiger partial charge on any atom is -0.342 e.